The maximum Gasteiger partial charge on any atom is 0.251 e. The van der Waals surface area contributed by atoms with Gasteiger partial charge in [-0.15, -0.1) is 0 Å². The van der Waals surface area contributed by atoms with Crippen LogP contribution in [0.2, 0.25) is 0 Å². The highest BCUT2D eigenvalue weighted by atomic mass is 16.5. The maximum atomic E-state index is 11.9. The molecule has 0 radical (unpaired) electrons. The van der Waals surface area contributed by atoms with Crippen molar-refractivity contribution in [3.63, 3.8) is 0 Å². The van der Waals surface area contributed by atoms with Crippen LogP contribution in [0.15, 0.2) is 53.1 Å². The second-order valence-corrected chi connectivity index (χ2v) is 4.47. The molecule has 4 heteroatoms. The molecule has 0 aliphatic heterocycles. The van der Waals surface area contributed by atoms with Crippen molar-refractivity contribution in [1.29, 1.82) is 0 Å². The Bertz CT molecular complexity index is 748. The van der Waals surface area contributed by atoms with Crippen LogP contribution in [-0.4, -0.2) is 17.6 Å². The fourth-order valence-corrected chi connectivity index (χ4v) is 2.14. The monoisotopic (exact) mass is 266 g/mol. The van der Waals surface area contributed by atoms with Crippen molar-refractivity contribution in [3.05, 3.63) is 54.1 Å². The lowest BCUT2D eigenvalue weighted by molar-refractivity contribution is 0.0956. The van der Waals surface area contributed by atoms with Gasteiger partial charge in [0.05, 0.1) is 5.39 Å². The summed E-state index contributed by atoms with van der Waals surface area (Å²) in [5.41, 5.74) is 2.31. The molecular formula is C16H14N2O2. The van der Waals surface area contributed by atoms with Crippen LogP contribution in [0.25, 0.3) is 22.2 Å². The molecule has 0 spiro atoms. The SMILES string of the molecule is CCNC(=O)c1ccc2noc(-c3ccccc3)c2c1. The first-order valence-corrected chi connectivity index (χ1v) is 6.52. The van der Waals surface area contributed by atoms with Crippen molar-refractivity contribution >= 4 is 16.8 Å². The second kappa shape index (κ2) is 5.17. The second-order valence-electron chi connectivity index (χ2n) is 4.47. The minimum Gasteiger partial charge on any atom is -0.355 e. The van der Waals surface area contributed by atoms with Crippen LogP contribution in [-0.2, 0) is 0 Å². The van der Waals surface area contributed by atoms with Gasteiger partial charge in [-0.25, -0.2) is 0 Å². The fraction of sp³-hybridized carbons (Fsp3) is 0.125. The third-order valence-corrected chi connectivity index (χ3v) is 3.11. The number of rotatable bonds is 3. The molecule has 0 saturated heterocycles. The molecule has 1 aromatic heterocycles. The van der Waals surface area contributed by atoms with Gasteiger partial charge in [-0.3, -0.25) is 4.79 Å². The number of carbonyl (C=O) groups is 1. The van der Waals surface area contributed by atoms with Crippen molar-refractivity contribution in [1.82, 2.24) is 10.5 Å². The zero-order valence-electron chi connectivity index (χ0n) is 11.1. The van der Waals surface area contributed by atoms with Crippen molar-refractivity contribution in [2.75, 3.05) is 6.54 Å². The summed E-state index contributed by atoms with van der Waals surface area (Å²) in [4.78, 5) is 11.9. The molecule has 0 unspecified atom stereocenters. The number of hydrogen-bond donors (Lipinski definition) is 1. The van der Waals surface area contributed by atoms with Gasteiger partial charge in [-0.2, -0.15) is 0 Å². The first-order chi connectivity index (χ1) is 9.79. The number of benzene rings is 2. The minimum atomic E-state index is -0.0883. The molecular weight excluding hydrogens is 252 g/mol. The van der Waals surface area contributed by atoms with Gasteiger partial charge in [0.25, 0.3) is 5.91 Å². The molecule has 20 heavy (non-hydrogen) atoms. The van der Waals surface area contributed by atoms with E-state index in [1.807, 2.05) is 43.3 Å². The largest absolute Gasteiger partial charge is 0.355 e. The minimum absolute atomic E-state index is 0.0883. The van der Waals surface area contributed by atoms with E-state index >= 15 is 0 Å². The quantitative estimate of drug-likeness (QED) is 0.791. The molecule has 0 fully saturated rings. The van der Waals surface area contributed by atoms with Gasteiger partial charge >= 0.3 is 0 Å². The first kappa shape index (κ1) is 12.4. The number of aromatic nitrogens is 1. The summed E-state index contributed by atoms with van der Waals surface area (Å²) in [5.74, 6) is 0.598. The lowest BCUT2D eigenvalue weighted by Gasteiger charge is -2.02. The van der Waals surface area contributed by atoms with E-state index in [1.54, 1.807) is 12.1 Å². The molecule has 3 aromatic rings. The molecule has 0 saturated carbocycles. The van der Waals surface area contributed by atoms with Gasteiger partial charge in [-0.1, -0.05) is 35.5 Å². The lowest BCUT2D eigenvalue weighted by atomic mass is 10.1. The average Bonchev–Trinajstić information content (AvgIpc) is 2.91. The summed E-state index contributed by atoms with van der Waals surface area (Å²) in [7, 11) is 0. The maximum absolute atomic E-state index is 11.9. The summed E-state index contributed by atoms with van der Waals surface area (Å²) < 4.78 is 5.41. The van der Waals surface area contributed by atoms with Crippen molar-refractivity contribution in [3.8, 4) is 11.3 Å². The van der Waals surface area contributed by atoms with Crippen molar-refractivity contribution in [2.24, 2.45) is 0 Å². The van der Waals surface area contributed by atoms with E-state index in [-0.39, 0.29) is 5.91 Å². The predicted molar refractivity (Wildman–Crippen MR) is 77.5 cm³/mol. The fourth-order valence-electron chi connectivity index (χ4n) is 2.14. The summed E-state index contributed by atoms with van der Waals surface area (Å²) in [6.07, 6.45) is 0. The van der Waals surface area contributed by atoms with Crippen LogP contribution in [0.5, 0.6) is 0 Å². The van der Waals surface area contributed by atoms with Crippen LogP contribution < -0.4 is 5.32 Å². The van der Waals surface area contributed by atoms with Crippen molar-refractivity contribution < 1.29 is 9.32 Å². The normalized spacial score (nSPS) is 10.7. The number of nitrogens with one attached hydrogen (secondary N) is 1. The Morgan fingerprint density at radius 1 is 1.20 bits per heavy atom. The Morgan fingerprint density at radius 3 is 2.75 bits per heavy atom. The zero-order valence-corrected chi connectivity index (χ0v) is 11.1. The van der Waals surface area contributed by atoms with Crippen LogP contribution in [0, 0.1) is 0 Å². The predicted octanol–water partition coefficient (Wildman–Crippen LogP) is 3.24. The van der Waals surface area contributed by atoms with Crippen molar-refractivity contribution in [2.45, 2.75) is 6.92 Å². The highest BCUT2D eigenvalue weighted by Crippen LogP contribution is 2.29. The van der Waals surface area contributed by atoms with Crippen LogP contribution in [0.4, 0.5) is 0 Å². The Hall–Kier alpha value is -2.62. The Kier molecular flexibility index (Phi) is 3.21. The van der Waals surface area contributed by atoms with Gasteiger partial charge in [0, 0.05) is 17.7 Å². The van der Waals surface area contributed by atoms with E-state index in [0.717, 1.165) is 16.5 Å². The van der Waals surface area contributed by atoms with E-state index in [4.69, 9.17) is 4.52 Å². The molecule has 4 nitrogen and oxygen atoms in total. The Balaban J connectivity index is 2.11. The highest BCUT2D eigenvalue weighted by Gasteiger charge is 2.13. The average molecular weight is 266 g/mol. The van der Waals surface area contributed by atoms with E-state index in [2.05, 4.69) is 10.5 Å². The third kappa shape index (κ3) is 2.16. The molecule has 1 amide bonds. The standard InChI is InChI=1S/C16H14N2O2/c1-2-17-16(19)12-8-9-14-13(10-12)15(20-18-14)11-6-4-3-5-7-11/h3-10H,2H2,1H3,(H,17,19). The van der Waals surface area contributed by atoms with Crippen LogP contribution >= 0.6 is 0 Å². The molecule has 100 valence electrons. The molecule has 0 aliphatic rings. The smallest absolute Gasteiger partial charge is 0.251 e. The van der Waals surface area contributed by atoms with Crippen LogP contribution in [0.3, 0.4) is 0 Å². The topological polar surface area (TPSA) is 55.1 Å². The summed E-state index contributed by atoms with van der Waals surface area (Å²) in [6, 6.07) is 15.1. The lowest BCUT2D eigenvalue weighted by Crippen LogP contribution is -2.22. The number of carbonyl (C=O) groups excluding carboxylic acids is 1. The van der Waals surface area contributed by atoms with Gasteiger partial charge in [-0.05, 0) is 25.1 Å². The number of hydrogen-bond acceptors (Lipinski definition) is 3. The van der Waals surface area contributed by atoms with Gasteiger partial charge in [0.15, 0.2) is 5.76 Å². The molecule has 1 N–H and O–H groups in total. The molecule has 0 atom stereocenters. The van der Waals surface area contributed by atoms with Gasteiger partial charge in [0.2, 0.25) is 0 Å². The van der Waals surface area contributed by atoms with Gasteiger partial charge < -0.3 is 9.84 Å². The van der Waals surface area contributed by atoms with E-state index in [9.17, 15) is 4.79 Å². The Morgan fingerprint density at radius 2 is 2.00 bits per heavy atom. The highest BCUT2D eigenvalue weighted by molar-refractivity contribution is 6.00. The van der Waals surface area contributed by atoms with E-state index in [1.165, 1.54) is 0 Å². The zero-order chi connectivity index (χ0) is 13.9. The third-order valence-electron chi connectivity index (χ3n) is 3.11. The first-order valence-electron chi connectivity index (χ1n) is 6.52. The molecule has 0 aliphatic carbocycles. The van der Waals surface area contributed by atoms with E-state index < -0.39 is 0 Å². The number of nitrogens with zero attached hydrogens (tertiary/aromatic N) is 1. The molecule has 0 bridgehead atoms. The summed E-state index contributed by atoms with van der Waals surface area (Å²) >= 11 is 0. The van der Waals surface area contributed by atoms with E-state index in [0.29, 0.717) is 17.9 Å². The molecule has 3 rings (SSSR count). The molecule has 2 aromatic carbocycles. The summed E-state index contributed by atoms with van der Waals surface area (Å²) in [5, 5.41) is 7.67. The van der Waals surface area contributed by atoms with Gasteiger partial charge in [0.1, 0.15) is 5.52 Å². The number of fused-ring (bicyclic) bond motifs is 1. The molecule has 1 heterocycles. The summed E-state index contributed by atoms with van der Waals surface area (Å²) in [6.45, 7) is 2.50. The number of amides is 1. The Labute approximate surface area is 116 Å². The van der Waals surface area contributed by atoms with Crippen LogP contribution in [0.1, 0.15) is 17.3 Å².